The number of ether oxygens (including phenoxy) is 1. The van der Waals surface area contributed by atoms with Gasteiger partial charge < -0.3 is 25.3 Å². The van der Waals surface area contributed by atoms with E-state index in [1.54, 1.807) is 6.92 Å². The number of carboxylic acid groups (broad SMARTS) is 1. The van der Waals surface area contributed by atoms with Gasteiger partial charge in [-0.2, -0.15) is 4.72 Å². The quantitative estimate of drug-likeness (QED) is 0.127. The number of carboxylic acids is 1. The average molecular weight is 607 g/mol. The van der Waals surface area contributed by atoms with Crippen LogP contribution in [0.4, 0.5) is 5.69 Å². The first-order chi connectivity index (χ1) is 16.7. The lowest BCUT2D eigenvalue weighted by atomic mass is 10.1. The Kier molecular flexibility index (Phi) is 12.2. The maximum Gasteiger partial charge on any atom is 0.320 e. The van der Waals surface area contributed by atoms with Crippen LogP contribution in [-0.4, -0.2) is 71.2 Å². The van der Waals surface area contributed by atoms with Crippen LogP contribution >= 0.6 is 24.0 Å². The summed E-state index contributed by atoms with van der Waals surface area (Å²) in [6.07, 6.45) is -1.37. The van der Waals surface area contributed by atoms with E-state index in [0.717, 1.165) is 12.1 Å². The normalized spacial score (nSPS) is 18.8. The van der Waals surface area contributed by atoms with Gasteiger partial charge in [-0.3, -0.25) is 14.9 Å². The Hall–Kier alpha value is -2.05. The van der Waals surface area contributed by atoms with E-state index in [0.29, 0.717) is 12.9 Å². The van der Waals surface area contributed by atoms with Crippen molar-refractivity contribution in [3.8, 4) is 0 Å². The summed E-state index contributed by atoms with van der Waals surface area (Å²) in [7, 11) is -8.51. The Morgan fingerprint density at radius 2 is 1.97 bits per heavy atom. The van der Waals surface area contributed by atoms with Crippen LogP contribution in [0.2, 0.25) is 5.02 Å². The molecule has 1 heterocycles. The van der Waals surface area contributed by atoms with Crippen LogP contribution in [0.5, 0.6) is 0 Å². The fourth-order valence-corrected chi connectivity index (χ4v) is 5.87. The third-order valence-corrected chi connectivity index (χ3v) is 7.96. The molecule has 0 fully saturated rings. The minimum atomic E-state index is -4.28. The zero-order valence-electron chi connectivity index (χ0n) is 19.8. The van der Waals surface area contributed by atoms with E-state index in [-0.39, 0.29) is 36.0 Å². The number of halogens is 2. The van der Waals surface area contributed by atoms with Crippen molar-refractivity contribution in [1.29, 1.82) is 0 Å². The summed E-state index contributed by atoms with van der Waals surface area (Å²) in [6.45, 7) is 3.45. The van der Waals surface area contributed by atoms with Crippen molar-refractivity contribution >= 4 is 67.9 Å². The molecule has 37 heavy (non-hydrogen) atoms. The number of sulfonamides is 2. The monoisotopic (exact) mass is 605 g/mol. The smallest absolute Gasteiger partial charge is 0.320 e. The second kappa shape index (κ2) is 13.7. The first-order valence-corrected chi connectivity index (χ1v) is 14.1. The van der Waals surface area contributed by atoms with Gasteiger partial charge in [0, 0.05) is 6.61 Å². The van der Waals surface area contributed by atoms with Crippen LogP contribution in [0.3, 0.4) is 0 Å². The molecule has 14 nitrogen and oxygen atoms in total. The fourth-order valence-electron chi connectivity index (χ4n) is 3.37. The third kappa shape index (κ3) is 9.33. The molecule has 0 spiro atoms. The number of carbonyl (C=O) groups excluding carboxylic acids is 2. The van der Waals surface area contributed by atoms with Crippen molar-refractivity contribution in [2.24, 2.45) is 5.14 Å². The highest BCUT2D eigenvalue weighted by atomic mass is 35.5. The number of hydrogen-bond acceptors (Lipinski definition) is 10. The first-order valence-electron chi connectivity index (χ1n) is 10.7. The van der Waals surface area contributed by atoms with Gasteiger partial charge in [0.05, 0.1) is 29.3 Å². The molecule has 0 aliphatic carbocycles. The van der Waals surface area contributed by atoms with Crippen LogP contribution in [-0.2, 0) is 39.2 Å². The van der Waals surface area contributed by atoms with Gasteiger partial charge in [0.25, 0.3) is 0 Å². The summed E-state index contributed by atoms with van der Waals surface area (Å²) < 4.78 is 56.2. The molecule has 7 N–H and O–H groups in total. The summed E-state index contributed by atoms with van der Waals surface area (Å²) in [6, 6.07) is 0.0534. The number of aldehydes is 1. The van der Waals surface area contributed by atoms with Crippen LogP contribution in [0.25, 0.3) is 0 Å². The molecular formula is C19H29Cl2N5O9S2. The fraction of sp³-hybridized carbons (Fsp3) is 0.526. The number of carbonyl (C=O) groups is 3. The predicted octanol–water partition coefficient (Wildman–Crippen LogP) is -0.282. The molecule has 1 aliphatic rings. The Labute approximate surface area is 225 Å². The predicted molar refractivity (Wildman–Crippen MR) is 135 cm³/mol. The molecule has 1 aromatic carbocycles. The third-order valence-electron chi connectivity index (χ3n) is 5.07. The first kappa shape index (κ1) is 33.0. The average Bonchev–Trinajstić information content (AvgIpc) is 2.74. The number of rotatable bonds is 13. The molecule has 1 aromatic rings. The number of hydrogen-bond donors (Lipinski definition) is 6. The molecule has 2 unspecified atom stereocenters. The summed E-state index contributed by atoms with van der Waals surface area (Å²) >= 11 is 5.93. The summed E-state index contributed by atoms with van der Waals surface area (Å²) in [5, 5.41) is 21.8. The molecule has 0 saturated heterocycles. The largest absolute Gasteiger partial charge is 0.480 e. The van der Waals surface area contributed by atoms with Crippen LogP contribution in [0.15, 0.2) is 21.9 Å². The van der Waals surface area contributed by atoms with Crippen LogP contribution in [0.1, 0.15) is 33.1 Å². The van der Waals surface area contributed by atoms with Gasteiger partial charge in [-0.15, -0.1) is 12.4 Å². The van der Waals surface area contributed by atoms with E-state index in [1.165, 1.54) is 6.92 Å². The Balaban J connectivity index is 0.00000684. The maximum absolute atomic E-state index is 12.6. The van der Waals surface area contributed by atoms with Gasteiger partial charge >= 0.3 is 5.97 Å². The van der Waals surface area contributed by atoms with E-state index in [9.17, 15) is 31.2 Å². The van der Waals surface area contributed by atoms with Gasteiger partial charge in [0.2, 0.25) is 26.0 Å². The van der Waals surface area contributed by atoms with Crippen molar-refractivity contribution in [2.45, 2.75) is 67.4 Å². The SMILES string of the molecule is CCOC(CC[C@@H](C=O)NC(=O)CC1Nc2cc(Cl)c(S(N)(=O)=O)cc2S(=O)(=O)N1)N[C@@H](C)C(=O)O.Cl. The number of nitrogens with one attached hydrogen (secondary N) is 4. The molecule has 1 aliphatic heterocycles. The number of benzene rings is 1. The standard InChI is InChI=1S/C19H28ClN5O9S2.ClH/c1-3-34-18(22-10(2)19(28)29)5-4-11(9-26)23-17(27)8-16-24-13-6-12(20)14(35(21,30)31)7-15(13)36(32,33)25-16;/h6-7,9-11,16,18,22,24-25H,3-5,8H2,1-2H3,(H,23,27)(H,28,29)(H2,21,30,31);1H/t10-,11-,16?,18?;/m0./s1. The van der Waals surface area contributed by atoms with Crippen LogP contribution in [0, 0.1) is 0 Å². The molecule has 0 saturated carbocycles. The number of primary sulfonamides is 1. The number of amides is 1. The van der Waals surface area contributed by atoms with Gasteiger partial charge in [-0.05, 0) is 38.8 Å². The maximum atomic E-state index is 12.6. The lowest BCUT2D eigenvalue weighted by Gasteiger charge is -2.28. The van der Waals surface area contributed by atoms with E-state index in [4.69, 9.17) is 26.6 Å². The van der Waals surface area contributed by atoms with Crippen molar-refractivity contribution < 1.29 is 41.1 Å². The van der Waals surface area contributed by atoms with Crippen molar-refractivity contribution in [1.82, 2.24) is 15.4 Å². The second-order valence-corrected chi connectivity index (χ2v) is 11.5. The molecule has 1 amide bonds. The Bertz CT molecular complexity index is 1210. The van der Waals surface area contributed by atoms with Crippen molar-refractivity contribution in [3.63, 3.8) is 0 Å². The zero-order chi connectivity index (χ0) is 27.3. The number of nitrogens with two attached hydrogens (primary N) is 1. The number of aliphatic carboxylic acids is 1. The van der Waals surface area contributed by atoms with Gasteiger partial charge in [-0.1, -0.05) is 11.6 Å². The summed E-state index contributed by atoms with van der Waals surface area (Å²) in [4.78, 5) is 34.0. The van der Waals surface area contributed by atoms with Gasteiger partial charge in [0.15, 0.2) is 0 Å². The Morgan fingerprint density at radius 3 is 2.51 bits per heavy atom. The van der Waals surface area contributed by atoms with E-state index in [2.05, 4.69) is 20.7 Å². The molecule has 210 valence electrons. The van der Waals surface area contributed by atoms with E-state index >= 15 is 0 Å². The second-order valence-electron chi connectivity index (χ2n) is 7.90. The number of fused-ring (bicyclic) bond motifs is 1. The summed E-state index contributed by atoms with van der Waals surface area (Å²) in [5.74, 6) is -1.74. The van der Waals surface area contributed by atoms with Crippen molar-refractivity contribution in [2.75, 3.05) is 11.9 Å². The highest BCUT2D eigenvalue weighted by molar-refractivity contribution is 7.90. The zero-order valence-corrected chi connectivity index (χ0v) is 23.0. The lowest BCUT2D eigenvalue weighted by Crippen LogP contribution is -2.49. The Morgan fingerprint density at radius 1 is 1.32 bits per heavy atom. The highest BCUT2D eigenvalue weighted by Gasteiger charge is 2.33. The van der Waals surface area contributed by atoms with Gasteiger partial charge in [0.1, 0.15) is 28.3 Å². The molecule has 2 rings (SSSR count). The molecule has 18 heteroatoms. The molecule has 0 bridgehead atoms. The lowest BCUT2D eigenvalue weighted by molar-refractivity contribution is -0.140. The topological polar surface area (TPSA) is 223 Å². The number of anilines is 1. The van der Waals surface area contributed by atoms with E-state index in [1.807, 2.05) is 0 Å². The van der Waals surface area contributed by atoms with E-state index < -0.39 is 72.6 Å². The molecule has 0 aromatic heterocycles. The molecular weight excluding hydrogens is 577 g/mol. The van der Waals surface area contributed by atoms with Crippen molar-refractivity contribution in [3.05, 3.63) is 17.2 Å². The summed E-state index contributed by atoms with van der Waals surface area (Å²) in [5.41, 5.74) is -0.0333. The minimum Gasteiger partial charge on any atom is -0.480 e. The minimum absolute atomic E-state index is 0. The molecule has 0 radical (unpaired) electrons. The highest BCUT2D eigenvalue weighted by Crippen LogP contribution is 2.33. The van der Waals surface area contributed by atoms with Gasteiger partial charge in [-0.25, -0.2) is 22.0 Å². The van der Waals surface area contributed by atoms with Crippen LogP contribution < -0.4 is 25.8 Å². The molecule has 4 atom stereocenters.